The van der Waals surface area contributed by atoms with E-state index in [0.29, 0.717) is 17.9 Å². The van der Waals surface area contributed by atoms with E-state index >= 15 is 0 Å². The van der Waals surface area contributed by atoms with Crippen molar-refractivity contribution < 1.29 is 14.2 Å². The Hall–Kier alpha value is -2.07. The number of hydrogen-bond donors (Lipinski definition) is 1. The second-order valence-corrected chi connectivity index (χ2v) is 4.79. The quantitative estimate of drug-likeness (QED) is 0.901. The second kappa shape index (κ2) is 6.59. The molecule has 4 heteroatoms. The lowest BCUT2D eigenvalue weighted by Crippen LogP contribution is -2.19. The normalized spacial score (nSPS) is 12.0. The van der Waals surface area contributed by atoms with Gasteiger partial charge in [0, 0.05) is 17.8 Å². The van der Waals surface area contributed by atoms with E-state index in [-0.39, 0.29) is 5.82 Å². The molecule has 0 saturated heterocycles. The third-order valence-electron chi connectivity index (χ3n) is 3.41. The summed E-state index contributed by atoms with van der Waals surface area (Å²) in [5.41, 5.74) is 2.26. The van der Waals surface area contributed by atoms with Gasteiger partial charge in [-0.3, -0.25) is 0 Å². The first kappa shape index (κ1) is 15.3. The van der Waals surface area contributed by atoms with Gasteiger partial charge in [-0.05, 0) is 44.2 Å². The van der Waals surface area contributed by atoms with E-state index in [2.05, 4.69) is 0 Å². The Morgan fingerprint density at radius 1 is 1.24 bits per heavy atom. The number of aliphatic hydroxyl groups is 1. The Balaban J connectivity index is 2.57. The second-order valence-electron chi connectivity index (χ2n) is 4.79. The Morgan fingerprint density at radius 3 is 2.52 bits per heavy atom. The van der Waals surface area contributed by atoms with Crippen molar-refractivity contribution in [2.24, 2.45) is 0 Å². The Bertz CT molecular complexity index is 613. The van der Waals surface area contributed by atoms with E-state index in [1.165, 1.54) is 12.1 Å². The Kier molecular flexibility index (Phi) is 4.81. The van der Waals surface area contributed by atoms with E-state index < -0.39 is 6.10 Å². The molecule has 0 aliphatic carbocycles. The number of hydrogen-bond acceptors (Lipinski definition) is 3. The highest BCUT2D eigenvalue weighted by Gasteiger charge is 2.19. The number of halogens is 1. The molecule has 2 aromatic rings. The predicted molar refractivity (Wildman–Crippen MR) is 82.7 cm³/mol. The highest BCUT2D eigenvalue weighted by molar-refractivity contribution is 5.69. The topological polar surface area (TPSA) is 32.7 Å². The van der Waals surface area contributed by atoms with Gasteiger partial charge in [-0.15, -0.1) is 0 Å². The first-order chi connectivity index (χ1) is 10.1. The van der Waals surface area contributed by atoms with Crippen LogP contribution in [-0.2, 0) is 0 Å². The van der Waals surface area contributed by atoms with Gasteiger partial charge in [0.25, 0.3) is 0 Å². The zero-order valence-electron chi connectivity index (χ0n) is 12.5. The maximum atomic E-state index is 13.5. The van der Waals surface area contributed by atoms with Crippen LogP contribution in [0.2, 0.25) is 0 Å². The fraction of sp³-hybridized carbons (Fsp3) is 0.294. The molecule has 0 aliphatic heterocycles. The van der Waals surface area contributed by atoms with Gasteiger partial charge >= 0.3 is 0 Å². The molecule has 112 valence electrons. The van der Waals surface area contributed by atoms with Crippen LogP contribution in [0.5, 0.6) is 5.75 Å². The smallest absolute Gasteiger partial charge is 0.126 e. The molecule has 0 bridgehead atoms. The average Bonchev–Trinajstić information content (AvgIpc) is 2.47. The number of methoxy groups -OCH3 is 1. The van der Waals surface area contributed by atoms with Crippen LogP contribution in [0.3, 0.4) is 0 Å². The van der Waals surface area contributed by atoms with Gasteiger partial charge in [0.15, 0.2) is 0 Å². The molecule has 0 spiro atoms. The molecule has 0 saturated carbocycles. The molecule has 0 amide bonds. The number of rotatable bonds is 5. The minimum Gasteiger partial charge on any atom is -0.496 e. The Morgan fingerprint density at radius 2 is 1.95 bits per heavy atom. The largest absolute Gasteiger partial charge is 0.496 e. The van der Waals surface area contributed by atoms with Gasteiger partial charge in [0.2, 0.25) is 0 Å². The fourth-order valence-electron chi connectivity index (χ4n) is 2.50. The van der Waals surface area contributed by atoms with Crippen molar-refractivity contribution >= 4 is 11.4 Å². The summed E-state index contributed by atoms with van der Waals surface area (Å²) >= 11 is 0. The van der Waals surface area contributed by atoms with Crippen LogP contribution < -0.4 is 9.64 Å². The lowest BCUT2D eigenvalue weighted by atomic mass is 10.0. The van der Waals surface area contributed by atoms with Gasteiger partial charge in [-0.25, -0.2) is 4.39 Å². The van der Waals surface area contributed by atoms with Gasteiger partial charge in [-0.1, -0.05) is 12.1 Å². The summed E-state index contributed by atoms with van der Waals surface area (Å²) in [4.78, 5) is 1.95. The zero-order valence-corrected chi connectivity index (χ0v) is 12.5. The zero-order chi connectivity index (χ0) is 15.4. The van der Waals surface area contributed by atoms with Crippen LogP contribution in [0.1, 0.15) is 25.5 Å². The number of ether oxygens (including phenoxy) is 1. The Labute approximate surface area is 124 Å². The summed E-state index contributed by atoms with van der Waals surface area (Å²) in [7, 11) is 1.57. The molecule has 21 heavy (non-hydrogen) atoms. The van der Waals surface area contributed by atoms with Crippen molar-refractivity contribution in [3.05, 3.63) is 53.8 Å². The lowest BCUT2D eigenvalue weighted by molar-refractivity contribution is 0.195. The third kappa shape index (κ3) is 3.16. The van der Waals surface area contributed by atoms with E-state index in [1.54, 1.807) is 20.1 Å². The van der Waals surface area contributed by atoms with Crippen LogP contribution >= 0.6 is 0 Å². The van der Waals surface area contributed by atoms with Gasteiger partial charge in [-0.2, -0.15) is 0 Å². The van der Waals surface area contributed by atoms with Crippen molar-refractivity contribution in [1.29, 1.82) is 0 Å². The molecule has 1 N–H and O–H groups in total. The van der Waals surface area contributed by atoms with E-state index in [1.807, 2.05) is 36.1 Å². The molecule has 0 aromatic heterocycles. The highest BCUT2D eigenvalue weighted by atomic mass is 19.1. The SMILES string of the molecule is CCN(c1cccc(F)c1)c1cccc(OC)c1C(C)O. The fourth-order valence-corrected chi connectivity index (χ4v) is 2.50. The molecular weight excluding hydrogens is 269 g/mol. The highest BCUT2D eigenvalue weighted by Crippen LogP contribution is 2.37. The summed E-state index contributed by atoms with van der Waals surface area (Å²) in [6.45, 7) is 4.33. The summed E-state index contributed by atoms with van der Waals surface area (Å²) in [6.07, 6.45) is -0.682. The average molecular weight is 289 g/mol. The van der Waals surface area contributed by atoms with Gasteiger partial charge < -0.3 is 14.7 Å². The van der Waals surface area contributed by atoms with Crippen molar-refractivity contribution in [3.8, 4) is 5.75 Å². The number of nitrogens with zero attached hydrogens (tertiary/aromatic N) is 1. The molecule has 1 atom stereocenters. The van der Waals surface area contributed by atoms with Crippen molar-refractivity contribution in [2.45, 2.75) is 20.0 Å². The number of anilines is 2. The van der Waals surface area contributed by atoms with Crippen LogP contribution in [0.25, 0.3) is 0 Å². The predicted octanol–water partition coefficient (Wildman–Crippen LogP) is 4.05. The molecule has 1 unspecified atom stereocenters. The maximum Gasteiger partial charge on any atom is 0.126 e. The van der Waals surface area contributed by atoms with E-state index in [4.69, 9.17) is 4.74 Å². The molecule has 2 aromatic carbocycles. The summed E-state index contributed by atoms with van der Waals surface area (Å²) < 4.78 is 18.8. The summed E-state index contributed by atoms with van der Waals surface area (Å²) in [5.74, 6) is 0.338. The monoisotopic (exact) mass is 289 g/mol. The van der Waals surface area contributed by atoms with Gasteiger partial charge in [0.1, 0.15) is 11.6 Å². The van der Waals surface area contributed by atoms with Crippen molar-refractivity contribution in [1.82, 2.24) is 0 Å². The first-order valence-electron chi connectivity index (χ1n) is 6.96. The molecule has 3 nitrogen and oxygen atoms in total. The summed E-state index contributed by atoms with van der Waals surface area (Å²) in [6, 6.07) is 12.0. The van der Waals surface area contributed by atoms with Crippen molar-refractivity contribution in [2.75, 3.05) is 18.6 Å². The first-order valence-corrected chi connectivity index (χ1v) is 6.96. The van der Waals surface area contributed by atoms with Gasteiger partial charge in [0.05, 0.1) is 18.9 Å². The minimum atomic E-state index is -0.682. The van der Waals surface area contributed by atoms with E-state index in [0.717, 1.165) is 11.4 Å². The standard InChI is InChI=1S/C17H20FNO2/c1-4-19(14-8-5-7-13(18)11-14)15-9-6-10-16(21-3)17(15)12(2)20/h5-12,20H,4H2,1-3H3. The van der Waals surface area contributed by atoms with Crippen LogP contribution in [0, 0.1) is 5.82 Å². The van der Waals surface area contributed by atoms with E-state index in [9.17, 15) is 9.50 Å². The summed E-state index contributed by atoms with van der Waals surface area (Å²) in [5, 5.41) is 10.1. The van der Waals surface area contributed by atoms with Crippen LogP contribution in [0.4, 0.5) is 15.8 Å². The molecular formula is C17H20FNO2. The number of aliphatic hydroxyl groups excluding tert-OH is 1. The number of benzene rings is 2. The van der Waals surface area contributed by atoms with Crippen LogP contribution in [-0.4, -0.2) is 18.8 Å². The molecule has 0 aliphatic rings. The van der Waals surface area contributed by atoms with Crippen LogP contribution in [0.15, 0.2) is 42.5 Å². The maximum absolute atomic E-state index is 13.5. The lowest BCUT2D eigenvalue weighted by Gasteiger charge is -2.28. The van der Waals surface area contributed by atoms with Crippen molar-refractivity contribution in [3.63, 3.8) is 0 Å². The molecule has 2 rings (SSSR count). The molecule has 0 fully saturated rings. The molecule has 0 heterocycles. The third-order valence-corrected chi connectivity index (χ3v) is 3.41. The molecule has 0 radical (unpaired) electrons. The minimum absolute atomic E-state index is 0.285.